The molecule has 2 N–H and O–H groups in total. The van der Waals surface area contributed by atoms with Crippen molar-refractivity contribution >= 4 is 16.9 Å². The molecule has 22 heavy (non-hydrogen) atoms. The number of aryl methyl sites for hydroxylation is 2. The molecule has 0 radical (unpaired) electrons. The zero-order chi connectivity index (χ0) is 15.5. The number of amides is 1. The lowest BCUT2D eigenvalue weighted by Crippen LogP contribution is -2.35. The number of carbonyl (C=O) groups is 1. The Bertz CT molecular complexity index is 670. The highest BCUT2D eigenvalue weighted by atomic mass is 16.5. The van der Waals surface area contributed by atoms with Crippen molar-refractivity contribution in [2.75, 3.05) is 32.8 Å². The summed E-state index contributed by atoms with van der Waals surface area (Å²) < 4.78 is 11.2. The fourth-order valence-electron chi connectivity index (χ4n) is 2.76. The van der Waals surface area contributed by atoms with Gasteiger partial charge in [-0.15, -0.1) is 0 Å². The summed E-state index contributed by atoms with van der Waals surface area (Å²) >= 11 is 0. The standard InChI is InChI=1S/C17H22N2O3/c1-11-3-4-14-12(2)16(22-15(14)7-11)17(20)19-9-13-8-18-5-6-21-10-13/h3-4,7,13,18H,5-6,8-10H2,1-2H3,(H,19,20)/t13-/m0/s1. The first kappa shape index (κ1) is 15.1. The van der Waals surface area contributed by atoms with Crippen molar-refractivity contribution in [1.82, 2.24) is 10.6 Å². The number of rotatable bonds is 3. The first-order chi connectivity index (χ1) is 10.6. The van der Waals surface area contributed by atoms with E-state index >= 15 is 0 Å². The van der Waals surface area contributed by atoms with E-state index in [4.69, 9.17) is 9.15 Å². The van der Waals surface area contributed by atoms with Crippen LogP contribution in [0.4, 0.5) is 0 Å². The average molecular weight is 302 g/mol. The minimum absolute atomic E-state index is 0.157. The molecule has 0 saturated carbocycles. The maximum atomic E-state index is 12.4. The highest BCUT2D eigenvalue weighted by Gasteiger charge is 2.19. The van der Waals surface area contributed by atoms with Gasteiger partial charge >= 0.3 is 0 Å². The number of fused-ring (bicyclic) bond motifs is 1. The Morgan fingerprint density at radius 2 is 2.27 bits per heavy atom. The van der Waals surface area contributed by atoms with Crippen LogP contribution in [0.1, 0.15) is 21.7 Å². The van der Waals surface area contributed by atoms with E-state index in [1.165, 1.54) is 0 Å². The van der Waals surface area contributed by atoms with Gasteiger partial charge < -0.3 is 19.8 Å². The van der Waals surface area contributed by atoms with Gasteiger partial charge in [-0.1, -0.05) is 12.1 Å². The molecule has 1 fully saturated rings. The number of ether oxygens (including phenoxy) is 1. The van der Waals surface area contributed by atoms with Crippen LogP contribution in [0, 0.1) is 19.8 Å². The fourth-order valence-corrected chi connectivity index (χ4v) is 2.76. The minimum Gasteiger partial charge on any atom is -0.451 e. The number of hydrogen-bond donors (Lipinski definition) is 2. The van der Waals surface area contributed by atoms with E-state index in [1.807, 2.05) is 32.0 Å². The highest BCUT2D eigenvalue weighted by molar-refractivity contribution is 5.99. The van der Waals surface area contributed by atoms with Gasteiger partial charge in [-0.3, -0.25) is 4.79 Å². The predicted molar refractivity (Wildman–Crippen MR) is 85.2 cm³/mol. The molecule has 0 bridgehead atoms. The molecule has 1 amide bonds. The monoisotopic (exact) mass is 302 g/mol. The van der Waals surface area contributed by atoms with Gasteiger partial charge in [0.1, 0.15) is 5.58 Å². The number of hydrogen-bond acceptors (Lipinski definition) is 4. The molecule has 3 rings (SSSR count). The van der Waals surface area contributed by atoms with Crippen LogP contribution < -0.4 is 10.6 Å². The van der Waals surface area contributed by atoms with E-state index in [2.05, 4.69) is 10.6 Å². The summed E-state index contributed by atoms with van der Waals surface area (Å²) in [6.45, 7) is 7.65. The molecule has 5 nitrogen and oxygen atoms in total. The minimum atomic E-state index is -0.157. The summed E-state index contributed by atoms with van der Waals surface area (Å²) in [5.74, 6) is 0.539. The molecule has 2 aromatic rings. The molecular weight excluding hydrogens is 280 g/mol. The average Bonchev–Trinajstić information content (AvgIpc) is 2.68. The van der Waals surface area contributed by atoms with Crippen LogP contribution in [0.2, 0.25) is 0 Å². The Morgan fingerprint density at radius 1 is 1.41 bits per heavy atom. The van der Waals surface area contributed by atoms with Crippen molar-refractivity contribution in [3.63, 3.8) is 0 Å². The highest BCUT2D eigenvalue weighted by Crippen LogP contribution is 2.26. The van der Waals surface area contributed by atoms with Crippen LogP contribution in [-0.4, -0.2) is 38.8 Å². The SMILES string of the molecule is Cc1ccc2c(C)c(C(=O)NC[C@@H]3CNCCOC3)oc2c1. The van der Waals surface area contributed by atoms with E-state index < -0.39 is 0 Å². The van der Waals surface area contributed by atoms with Crippen molar-refractivity contribution in [1.29, 1.82) is 0 Å². The maximum absolute atomic E-state index is 12.4. The van der Waals surface area contributed by atoms with Crippen molar-refractivity contribution < 1.29 is 13.9 Å². The molecule has 118 valence electrons. The van der Waals surface area contributed by atoms with Gasteiger partial charge in [0.05, 0.1) is 13.2 Å². The van der Waals surface area contributed by atoms with Crippen molar-refractivity contribution in [2.45, 2.75) is 13.8 Å². The Morgan fingerprint density at radius 3 is 3.14 bits per heavy atom. The van der Waals surface area contributed by atoms with Gasteiger partial charge in [-0.05, 0) is 25.5 Å². The second kappa shape index (κ2) is 6.50. The second-order valence-corrected chi connectivity index (χ2v) is 5.91. The first-order valence-corrected chi connectivity index (χ1v) is 7.71. The summed E-state index contributed by atoms with van der Waals surface area (Å²) in [6, 6.07) is 5.99. The largest absolute Gasteiger partial charge is 0.451 e. The van der Waals surface area contributed by atoms with Crippen molar-refractivity contribution in [2.24, 2.45) is 5.92 Å². The molecule has 0 aliphatic carbocycles. The molecule has 1 aromatic heterocycles. The molecule has 1 saturated heterocycles. The first-order valence-electron chi connectivity index (χ1n) is 7.71. The summed E-state index contributed by atoms with van der Waals surface area (Å²) in [7, 11) is 0. The van der Waals surface area contributed by atoms with Gasteiger partial charge in [0.25, 0.3) is 5.91 Å². The van der Waals surface area contributed by atoms with Crippen LogP contribution in [0.25, 0.3) is 11.0 Å². The molecule has 5 heteroatoms. The fraction of sp³-hybridized carbons (Fsp3) is 0.471. The molecule has 1 atom stereocenters. The van der Waals surface area contributed by atoms with Crippen LogP contribution >= 0.6 is 0 Å². The summed E-state index contributed by atoms with van der Waals surface area (Å²) in [6.07, 6.45) is 0. The van der Waals surface area contributed by atoms with Crippen LogP contribution in [-0.2, 0) is 4.74 Å². The van der Waals surface area contributed by atoms with Gasteiger partial charge in [-0.2, -0.15) is 0 Å². The lowest BCUT2D eigenvalue weighted by molar-refractivity contribution is 0.0896. The molecule has 0 spiro atoms. The molecule has 1 aliphatic rings. The van der Waals surface area contributed by atoms with E-state index in [1.54, 1.807) is 0 Å². The van der Waals surface area contributed by atoms with E-state index in [0.717, 1.165) is 41.8 Å². The number of carbonyl (C=O) groups excluding carboxylic acids is 1. The lowest BCUT2D eigenvalue weighted by atomic mass is 10.1. The van der Waals surface area contributed by atoms with E-state index in [-0.39, 0.29) is 5.91 Å². The lowest BCUT2D eigenvalue weighted by Gasteiger charge is -2.14. The molecule has 2 heterocycles. The maximum Gasteiger partial charge on any atom is 0.287 e. The summed E-state index contributed by atoms with van der Waals surface area (Å²) in [5, 5.41) is 7.26. The van der Waals surface area contributed by atoms with E-state index in [0.29, 0.717) is 24.8 Å². The summed E-state index contributed by atoms with van der Waals surface area (Å²) in [5.41, 5.74) is 2.78. The van der Waals surface area contributed by atoms with Gasteiger partial charge in [0, 0.05) is 36.5 Å². The third-order valence-corrected chi connectivity index (χ3v) is 4.06. The molecule has 1 aliphatic heterocycles. The third-order valence-electron chi connectivity index (χ3n) is 4.06. The second-order valence-electron chi connectivity index (χ2n) is 5.91. The van der Waals surface area contributed by atoms with Gasteiger partial charge in [0.15, 0.2) is 5.76 Å². The zero-order valence-electron chi connectivity index (χ0n) is 13.1. The van der Waals surface area contributed by atoms with Crippen molar-refractivity contribution in [3.05, 3.63) is 35.1 Å². The third kappa shape index (κ3) is 3.15. The Labute approximate surface area is 130 Å². The van der Waals surface area contributed by atoms with Crippen molar-refractivity contribution in [3.8, 4) is 0 Å². The summed E-state index contributed by atoms with van der Waals surface area (Å²) in [4.78, 5) is 12.4. The zero-order valence-corrected chi connectivity index (χ0v) is 13.1. The quantitative estimate of drug-likeness (QED) is 0.910. The Kier molecular flexibility index (Phi) is 4.45. The molecule has 1 aromatic carbocycles. The number of benzene rings is 1. The van der Waals surface area contributed by atoms with E-state index in [9.17, 15) is 4.79 Å². The molecule has 0 unspecified atom stereocenters. The normalized spacial score (nSPS) is 19.1. The topological polar surface area (TPSA) is 63.5 Å². The van der Waals surface area contributed by atoms with Gasteiger partial charge in [-0.25, -0.2) is 0 Å². The van der Waals surface area contributed by atoms with Crippen LogP contribution in [0.5, 0.6) is 0 Å². The van der Waals surface area contributed by atoms with Gasteiger partial charge in [0.2, 0.25) is 0 Å². The molecular formula is C17H22N2O3. The number of furan rings is 1. The predicted octanol–water partition coefficient (Wildman–Crippen LogP) is 2.02. The Hall–Kier alpha value is -1.85. The Balaban J connectivity index is 1.70. The van der Waals surface area contributed by atoms with Crippen LogP contribution in [0.15, 0.2) is 22.6 Å². The smallest absolute Gasteiger partial charge is 0.287 e. The van der Waals surface area contributed by atoms with Crippen LogP contribution in [0.3, 0.4) is 0 Å². The number of nitrogens with one attached hydrogen (secondary N) is 2.